The van der Waals surface area contributed by atoms with Gasteiger partial charge in [0.15, 0.2) is 0 Å². The topological polar surface area (TPSA) is 84.1 Å². The van der Waals surface area contributed by atoms with Gasteiger partial charge in [-0.3, -0.25) is 0 Å². The third-order valence-electron chi connectivity index (χ3n) is 3.47. The van der Waals surface area contributed by atoms with E-state index in [1.807, 2.05) is 67.6 Å². The van der Waals surface area contributed by atoms with Crippen molar-refractivity contribution in [3.63, 3.8) is 0 Å². The first-order valence-corrected chi connectivity index (χ1v) is 7.26. The number of benzene rings is 1. The molecule has 0 fully saturated rings. The summed E-state index contributed by atoms with van der Waals surface area (Å²) in [5.74, 6) is 1.75. The quantitative estimate of drug-likeness (QED) is 0.785. The molecule has 0 radical (unpaired) electrons. The van der Waals surface area contributed by atoms with Crippen molar-refractivity contribution in [3.05, 3.63) is 42.2 Å². The summed E-state index contributed by atoms with van der Waals surface area (Å²) in [5, 5.41) is 0.864. The van der Waals surface area contributed by atoms with Gasteiger partial charge >= 0.3 is 0 Å². The Bertz CT molecular complexity index is 814. The highest BCUT2D eigenvalue weighted by molar-refractivity contribution is 5.88. The van der Waals surface area contributed by atoms with E-state index in [0.717, 1.165) is 16.5 Å². The Morgan fingerprint density at radius 2 is 1.65 bits per heavy atom. The standard InChI is InChI=1S/C16H19N7/c1-22(2)15-18-8-11(9-19-15)10-23(3)16-20-13-7-5-4-6-12(13)14(17)21-16/h4-9H,10H2,1-3H3,(H2,17,20,21). The Labute approximate surface area is 134 Å². The third kappa shape index (κ3) is 3.13. The number of rotatable bonds is 4. The number of hydrogen-bond donors (Lipinski definition) is 1. The van der Waals surface area contributed by atoms with Crippen LogP contribution in [0.25, 0.3) is 10.9 Å². The van der Waals surface area contributed by atoms with Gasteiger partial charge in [0.25, 0.3) is 0 Å². The van der Waals surface area contributed by atoms with Crippen LogP contribution in [0, 0.1) is 0 Å². The van der Waals surface area contributed by atoms with Crippen molar-refractivity contribution >= 4 is 28.6 Å². The van der Waals surface area contributed by atoms with E-state index in [9.17, 15) is 0 Å². The summed E-state index contributed by atoms with van der Waals surface area (Å²) in [6.07, 6.45) is 3.62. The molecule has 0 bridgehead atoms. The first-order chi connectivity index (χ1) is 11.0. The predicted octanol–water partition coefficient (Wildman–Crippen LogP) is 1.70. The Morgan fingerprint density at radius 1 is 0.957 bits per heavy atom. The van der Waals surface area contributed by atoms with Crippen molar-refractivity contribution in [2.24, 2.45) is 0 Å². The van der Waals surface area contributed by atoms with Crippen LogP contribution in [0.2, 0.25) is 0 Å². The second kappa shape index (κ2) is 6.04. The van der Waals surface area contributed by atoms with Gasteiger partial charge in [-0.25, -0.2) is 15.0 Å². The number of nitrogen functional groups attached to an aromatic ring is 1. The summed E-state index contributed by atoms with van der Waals surface area (Å²) in [6, 6.07) is 7.71. The molecule has 1 aromatic carbocycles. The molecule has 2 aromatic heterocycles. The highest BCUT2D eigenvalue weighted by atomic mass is 15.2. The number of nitrogens with two attached hydrogens (primary N) is 1. The van der Waals surface area contributed by atoms with Crippen LogP contribution in [0.4, 0.5) is 17.7 Å². The molecule has 118 valence electrons. The number of nitrogens with zero attached hydrogens (tertiary/aromatic N) is 6. The molecular formula is C16H19N7. The molecule has 0 atom stereocenters. The molecule has 0 aliphatic carbocycles. The van der Waals surface area contributed by atoms with E-state index >= 15 is 0 Å². The van der Waals surface area contributed by atoms with Crippen LogP contribution in [0.15, 0.2) is 36.7 Å². The van der Waals surface area contributed by atoms with E-state index in [4.69, 9.17) is 5.73 Å². The first-order valence-electron chi connectivity index (χ1n) is 7.26. The molecule has 2 heterocycles. The van der Waals surface area contributed by atoms with Gasteiger partial charge in [0.05, 0.1) is 5.52 Å². The lowest BCUT2D eigenvalue weighted by Gasteiger charge is -2.18. The van der Waals surface area contributed by atoms with E-state index in [1.165, 1.54) is 0 Å². The smallest absolute Gasteiger partial charge is 0.227 e. The lowest BCUT2D eigenvalue weighted by molar-refractivity contribution is 0.857. The molecule has 0 amide bonds. The van der Waals surface area contributed by atoms with Crippen molar-refractivity contribution in [2.45, 2.75) is 6.54 Å². The van der Waals surface area contributed by atoms with E-state index in [-0.39, 0.29) is 0 Å². The first kappa shape index (κ1) is 15.0. The molecule has 0 spiro atoms. The van der Waals surface area contributed by atoms with Gasteiger partial charge in [-0.2, -0.15) is 4.98 Å². The maximum absolute atomic E-state index is 6.03. The minimum Gasteiger partial charge on any atom is -0.383 e. The van der Waals surface area contributed by atoms with Crippen molar-refractivity contribution in [1.29, 1.82) is 0 Å². The molecule has 0 aliphatic heterocycles. The van der Waals surface area contributed by atoms with Crippen molar-refractivity contribution in [1.82, 2.24) is 19.9 Å². The largest absolute Gasteiger partial charge is 0.383 e. The predicted molar refractivity (Wildman–Crippen MR) is 92.4 cm³/mol. The second-order valence-corrected chi connectivity index (χ2v) is 5.57. The molecule has 0 aliphatic rings. The molecule has 0 saturated carbocycles. The normalized spacial score (nSPS) is 10.7. The van der Waals surface area contributed by atoms with Crippen molar-refractivity contribution in [3.8, 4) is 0 Å². The Kier molecular flexibility index (Phi) is 3.92. The monoisotopic (exact) mass is 309 g/mol. The fourth-order valence-electron chi connectivity index (χ4n) is 2.26. The lowest BCUT2D eigenvalue weighted by Crippen LogP contribution is -2.20. The zero-order valence-electron chi connectivity index (χ0n) is 13.4. The van der Waals surface area contributed by atoms with Gasteiger partial charge in [0.1, 0.15) is 5.82 Å². The SMILES string of the molecule is CN(C)c1ncc(CN(C)c2nc(N)c3ccccc3n2)cn1. The number of para-hydroxylation sites is 1. The fraction of sp³-hybridized carbons (Fsp3) is 0.250. The van der Waals surface area contributed by atoms with E-state index in [0.29, 0.717) is 24.3 Å². The van der Waals surface area contributed by atoms with E-state index in [2.05, 4.69) is 19.9 Å². The minimum atomic E-state index is 0.483. The van der Waals surface area contributed by atoms with Crippen LogP contribution < -0.4 is 15.5 Å². The lowest BCUT2D eigenvalue weighted by atomic mass is 10.2. The zero-order valence-corrected chi connectivity index (χ0v) is 13.4. The van der Waals surface area contributed by atoms with Crippen molar-refractivity contribution < 1.29 is 0 Å². The molecule has 7 heteroatoms. The number of anilines is 3. The van der Waals surface area contributed by atoms with Crippen LogP contribution in [0.5, 0.6) is 0 Å². The Hall–Kier alpha value is -2.96. The maximum Gasteiger partial charge on any atom is 0.227 e. The molecular weight excluding hydrogens is 290 g/mol. The van der Waals surface area contributed by atoms with Gasteiger partial charge < -0.3 is 15.5 Å². The molecule has 7 nitrogen and oxygen atoms in total. The van der Waals surface area contributed by atoms with E-state index in [1.54, 1.807) is 0 Å². The molecule has 0 saturated heterocycles. The molecule has 0 unspecified atom stereocenters. The van der Waals surface area contributed by atoms with Crippen LogP contribution in [0.1, 0.15) is 5.56 Å². The maximum atomic E-state index is 6.03. The van der Waals surface area contributed by atoms with Gasteiger partial charge in [-0.1, -0.05) is 12.1 Å². The highest BCUT2D eigenvalue weighted by Gasteiger charge is 2.10. The summed E-state index contributed by atoms with van der Waals surface area (Å²) in [5.41, 5.74) is 7.85. The molecule has 3 aromatic rings. The second-order valence-electron chi connectivity index (χ2n) is 5.57. The van der Waals surface area contributed by atoms with Gasteiger partial charge in [0.2, 0.25) is 11.9 Å². The summed E-state index contributed by atoms with van der Waals surface area (Å²) < 4.78 is 0. The summed E-state index contributed by atoms with van der Waals surface area (Å²) in [7, 11) is 5.74. The molecule has 3 rings (SSSR count). The van der Waals surface area contributed by atoms with Crippen LogP contribution in [0.3, 0.4) is 0 Å². The number of aromatic nitrogens is 4. The summed E-state index contributed by atoms with van der Waals surface area (Å²) in [6.45, 7) is 0.603. The third-order valence-corrected chi connectivity index (χ3v) is 3.47. The minimum absolute atomic E-state index is 0.483. The molecule has 23 heavy (non-hydrogen) atoms. The number of fused-ring (bicyclic) bond motifs is 1. The van der Waals surface area contributed by atoms with Crippen LogP contribution >= 0.6 is 0 Å². The summed E-state index contributed by atoms with van der Waals surface area (Å²) in [4.78, 5) is 21.4. The van der Waals surface area contributed by atoms with Gasteiger partial charge in [-0.15, -0.1) is 0 Å². The average molecular weight is 309 g/mol. The summed E-state index contributed by atoms with van der Waals surface area (Å²) >= 11 is 0. The Morgan fingerprint density at radius 3 is 2.35 bits per heavy atom. The average Bonchev–Trinajstić information content (AvgIpc) is 2.55. The zero-order chi connectivity index (χ0) is 16.4. The van der Waals surface area contributed by atoms with E-state index < -0.39 is 0 Å². The van der Waals surface area contributed by atoms with Crippen molar-refractivity contribution in [2.75, 3.05) is 36.7 Å². The Balaban J connectivity index is 1.84. The highest BCUT2D eigenvalue weighted by Crippen LogP contribution is 2.21. The van der Waals surface area contributed by atoms with Crippen LogP contribution in [-0.2, 0) is 6.54 Å². The van der Waals surface area contributed by atoms with Crippen LogP contribution in [-0.4, -0.2) is 41.1 Å². The molecule has 2 N–H and O–H groups in total. The number of hydrogen-bond acceptors (Lipinski definition) is 7. The van der Waals surface area contributed by atoms with Gasteiger partial charge in [0, 0.05) is 51.0 Å². The fourth-order valence-corrected chi connectivity index (χ4v) is 2.26. The van der Waals surface area contributed by atoms with Gasteiger partial charge in [-0.05, 0) is 12.1 Å².